The third kappa shape index (κ3) is 3.69. The molecular formula is C19H23N3O5S3. The van der Waals surface area contributed by atoms with Gasteiger partial charge in [-0.3, -0.25) is 4.79 Å². The number of aromatic nitrogens is 1. The Bertz CT molecular complexity index is 1310. The number of allylic oxidation sites excluding steroid dienone is 3. The van der Waals surface area contributed by atoms with Gasteiger partial charge in [0.15, 0.2) is 0 Å². The number of thiazole rings is 1. The molecule has 11 heteroatoms. The maximum Gasteiger partial charge on any atom is 0.307 e. The Kier molecular flexibility index (Phi) is 5.52. The summed E-state index contributed by atoms with van der Waals surface area (Å²) in [5.74, 6) is 0.312. The van der Waals surface area contributed by atoms with Crippen molar-refractivity contribution < 1.29 is 16.8 Å². The molecule has 1 aliphatic heterocycles. The number of aryl methyl sites for hydroxylation is 1. The van der Waals surface area contributed by atoms with E-state index >= 15 is 0 Å². The van der Waals surface area contributed by atoms with Crippen molar-refractivity contribution in [1.82, 2.24) is 13.2 Å². The highest BCUT2D eigenvalue weighted by Crippen LogP contribution is 2.27. The largest absolute Gasteiger partial charge is 0.307 e. The van der Waals surface area contributed by atoms with Crippen LogP contribution in [0.3, 0.4) is 0 Å². The molecule has 0 amide bonds. The van der Waals surface area contributed by atoms with Crippen LogP contribution >= 0.6 is 11.3 Å². The summed E-state index contributed by atoms with van der Waals surface area (Å²) < 4.78 is 56.6. The molecule has 2 aliphatic rings. The minimum absolute atomic E-state index is 0.0814. The summed E-state index contributed by atoms with van der Waals surface area (Å²) in [5, 5.41) is 0. The van der Waals surface area contributed by atoms with Gasteiger partial charge in [-0.15, -0.1) is 0 Å². The monoisotopic (exact) mass is 469 g/mol. The first-order chi connectivity index (χ1) is 14.1. The lowest BCUT2D eigenvalue weighted by Gasteiger charge is -2.33. The molecule has 1 aliphatic carbocycles. The predicted octanol–water partition coefficient (Wildman–Crippen LogP) is 1.72. The lowest BCUT2D eigenvalue weighted by atomic mass is 10.0. The highest BCUT2D eigenvalue weighted by Gasteiger charge is 2.34. The van der Waals surface area contributed by atoms with Gasteiger partial charge in [-0.2, -0.15) is 8.61 Å². The molecule has 1 unspecified atom stereocenters. The second-order valence-electron chi connectivity index (χ2n) is 7.54. The van der Waals surface area contributed by atoms with E-state index in [1.165, 1.54) is 25.3 Å². The molecular weight excluding hydrogens is 446 g/mol. The van der Waals surface area contributed by atoms with Crippen LogP contribution in [0.15, 0.2) is 51.0 Å². The van der Waals surface area contributed by atoms with Crippen molar-refractivity contribution in [2.45, 2.75) is 18.2 Å². The molecule has 1 atom stereocenters. The van der Waals surface area contributed by atoms with Crippen molar-refractivity contribution in [1.29, 1.82) is 0 Å². The van der Waals surface area contributed by atoms with Crippen molar-refractivity contribution in [2.24, 2.45) is 13.0 Å². The van der Waals surface area contributed by atoms with Gasteiger partial charge in [-0.1, -0.05) is 30.4 Å². The van der Waals surface area contributed by atoms with Crippen molar-refractivity contribution in [3.63, 3.8) is 0 Å². The van der Waals surface area contributed by atoms with Gasteiger partial charge >= 0.3 is 4.87 Å². The van der Waals surface area contributed by atoms with Crippen LogP contribution in [-0.2, 0) is 27.1 Å². The lowest BCUT2D eigenvalue weighted by molar-refractivity contribution is 0.274. The number of nitrogens with zero attached hydrogens (tertiary/aromatic N) is 3. The zero-order valence-corrected chi connectivity index (χ0v) is 19.1. The Labute approximate surface area is 179 Å². The standard InChI is InChI=1S/C19H23N3O5S3/c1-14-3-5-15(6-4-14)29(24,25)21-9-11-22(12-10-21)30(26,27)16-7-8-17-18(13-16)28-19(23)20(17)2/h3,5-8,13-14H,4,9-12H2,1-2H3. The second kappa shape index (κ2) is 7.72. The number of sulfonamides is 2. The summed E-state index contributed by atoms with van der Waals surface area (Å²) in [6.07, 6.45) is 5.91. The first-order valence-electron chi connectivity index (χ1n) is 9.59. The molecule has 0 N–H and O–H groups in total. The lowest BCUT2D eigenvalue weighted by Crippen LogP contribution is -2.50. The first kappa shape index (κ1) is 21.4. The minimum atomic E-state index is -3.78. The smallest absolute Gasteiger partial charge is 0.302 e. The molecule has 30 heavy (non-hydrogen) atoms. The molecule has 162 valence electrons. The van der Waals surface area contributed by atoms with E-state index in [0.29, 0.717) is 22.6 Å². The molecule has 1 aromatic heterocycles. The van der Waals surface area contributed by atoms with Gasteiger partial charge in [0.25, 0.3) is 0 Å². The maximum absolute atomic E-state index is 13.1. The van der Waals surface area contributed by atoms with Crippen molar-refractivity contribution in [2.75, 3.05) is 26.2 Å². The van der Waals surface area contributed by atoms with Gasteiger partial charge in [0.05, 0.1) is 20.0 Å². The van der Waals surface area contributed by atoms with Crippen LogP contribution in [0.4, 0.5) is 0 Å². The molecule has 1 fully saturated rings. The van der Waals surface area contributed by atoms with Crippen LogP contribution in [0, 0.1) is 5.92 Å². The molecule has 0 bridgehead atoms. The fourth-order valence-corrected chi connectivity index (χ4v) is 7.56. The SMILES string of the molecule is CC1C=CC(S(=O)(=O)N2CCN(S(=O)(=O)c3ccc4c(c3)sc(=O)n4C)CC2)=CC1. The number of piperazine rings is 1. The quantitative estimate of drug-likeness (QED) is 0.679. The summed E-state index contributed by atoms with van der Waals surface area (Å²) in [5.41, 5.74) is 0.683. The number of rotatable bonds is 4. The third-order valence-electron chi connectivity index (χ3n) is 5.52. The maximum atomic E-state index is 13.1. The van der Waals surface area contributed by atoms with Crippen LogP contribution in [0.25, 0.3) is 10.2 Å². The van der Waals surface area contributed by atoms with E-state index in [0.717, 1.165) is 11.3 Å². The van der Waals surface area contributed by atoms with Gasteiger partial charge in [0.1, 0.15) is 0 Å². The average molecular weight is 470 g/mol. The zero-order chi connectivity index (χ0) is 21.7. The van der Waals surface area contributed by atoms with E-state index < -0.39 is 20.0 Å². The normalized spacial score (nSPS) is 21.8. The molecule has 2 heterocycles. The van der Waals surface area contributed by atoms with Crippen molar-refractivity contribution in [3.8, 4) is 0 Å². The summed E-state index contributed by atoms with van der Waals surface area (Å²) >= 11 is 1.000. The highest BCUT2D eigenvalue weighted by molar-refractivity contribution is 7.93. The number of fused-ring (bicyclic) bond motifs is 1. The van der Waals surface area contributed by atoms with Crippen LogP contribution in [0.1, 0.15) is 13.3 Å². The summed E-state index contributed by atoms with van der Waals surface area (Å²) in [7, 11) is -5.76. The molecule has 0 radical (unpaired) electrons. The fraction of sp³-hybridized carbons (Fsp3) is 0.421. The second-order valence-corrected chi connectivity index (χ2v) is 12.4. The minimum Gasteiger partial charge on any atom is -0.302 e. The number of hydrogen-bond acceptors (Lipinski definition) is 6. The molecule has 1 aromatic carbocycles. The average Bonchev–Trinajstić information content (AvgIpc) is 3.01. The molecule has 8 nitrogen and oxygen atoms in total. The Morgan fingerprint density at radius 1 is 1.00 bits per heavy atom. The van der Waals surface area contributed by atoms with E-state index in [-0.39, 0.29) is 40.9 Å². The van der Waals surface area contributed by atoms with E-state index in [1.807, 2.05) is 13.0 Å². The Hall–Kier alpha value is -1.79. The molecule has 1 saturated heterocycles. The van der Waals surface area contributed by atoms with Gasteiger partial charge < -0.3 is 4.57 Å². The van der Waals surface area contributed by atoms with E-state index in [2.05, 4.69) is 0 Å². The highest BCUT2D eigenvalue weighted by atomic mass is 32.2. The van der Waals surface area contributed by atoms with E-state index in [9.17, 15) is 21.6 Å². The third-order valence-corrected chi connectivity index (χ3v) is 10.4. The van der Waals surface area contributed by atoms with Gasteiger partial charge in [-0.25, -0.2) is 16.8 Å². The number of hydrogen-bond donors (Lipinski definition) is 0. The molecule has 0 spiro atoms. The van der Waals surface area contributed by atoms with Crippen LogP contribution < -0.4 is 4.87 Å². The summed E-state index contributed by atoms with van der Waals surface area (Å²) in [6, 6.07) is 4.63. The Morgan fingerprint density at radius 3 is 2.23 bits per heavy atom. The zero-order valence-electron chi connectivity index (χ0n) is 16.7. The van der Waals surface area contributed by atoms with Gasteiger partial charge in [-0.05, 0) is 36.6 Å². The number of benzene rings is 1. The Morgan fingerprint density at radius 2 is 1.63 bits per heavy atom. The van der Waals surface area contributed by atoms with Crippen LogP contribution in [0.2, 0.25) is 0 Å². The summed E-state index contributed by atoms with van der Waals surface area (Å²) in [6.45, 7) is 2.38. The van der Waals surface area contributed by atoms with Crippen LogP contribution in [-0.4, -0.2) is 56.2 Å². The summed E-state index contributed by atoms with van der Waals surface area (Å²) in [4.78, 5) is 12.1. The van der Waals surface area contributed by atoms with Gasteiger partial charge in [0, 0.05) is 33.2 Å². The van der Waals surface area contributed by atoms with Gasteiger partial charge in [0.2, 0.25) is 20.0 Å². The van der Waals surface area contributed by atoms with E-state index in [1.54, 1.807) is 25.3 Å². The van der Waals surface area contributed by atoms with Crippen molar-refractivity contribution >= 4 is 41.6 Å². The predicted molar refractivity (Wildman–Crippen MR) is 117 cm³/mol. The first-order valence-corrected chi connectivity index (χ1v) is 13.3. The van der Waals surface area contributed by atoms with Crippen LogP contribution in [0.5, 0.6) is 0 Å². The molecule has 2 aromatic rings. The molecule has 0 saturated carbocycles. The fourth-order valence-electron chi connectivity index (χ4n) is 3.62. The Balaban J connectivity index is 1.52. The topological polar surface area (TPSA) is 96.8 Å². The van der Waals surface area contributed by atoms with Crippen molar-refractivity contribution in [3.05, 3.63) is 51.0 Å². The van der Waals surface area contributed by atoms with E-state index in [4.69, 9.17) is 0 Å². The molecule has 4 rings (SSSR count).